The Morgan fingerprint density at radius 3 is 2.52 bits per heavy atom. The van der Waals surface area contributed by atoms with E-state index in [4.69, 9.17) is 9.15 Å². The van der Waals surface area contributed by atoms with Crippen LogP contribution in [0.1, 0.15) is 18.5 Å². The molecule has 2 aromatic rings. The van der Waals surface area contributed by atoms with Gasteiger partial charge < -0.3 is 19.8 Å². The van der Waals surface area contributed by atoms with Gasteiger partial charge in [0.1, 0.15) is 6.26 Å². The number of sulfone groups is 1. The highest BCUT2D eigenvalue weighted by atomic mass is 127. The van der Waals surface area contributed by atoms with Crippen LogP contribution in [0.2, 0.25) is 0 Å². The van der Waals surface area contributed by atoms with Crippen LogP contribution in [0.4, 0.5) is 0 Å². The largest absolute Gasteiger partial charge is 0.444 e. The predicted molar refractivity (Wildman–Crippen MR) is 123 cm³/mol. The van der Waals surface area contributed by atoms with Gasteiger partial charge in [0.2, 0.25) is 5.89 Å². The Balaban J connectivity index is 0.00000300. The number of halogens is 1. The summed E-state index contributed by atoms with van der Waals surface area (Å²) in [5.74, 6) is 1.07. The summed E-state index contributed by atoms with van der Waals surface area (Å²) in [6.45, 7) is 1.58. The lowest BCUT2D eigenvalue weighted by atomic mass is 9.99. The van der Waals surface area contributed by atoms with E-state index in [2.05, 4.69) is 20.6 Å². The van der Waals surface area contributed by atoms with Crippen molar-refractivity contribution < 1.29 is 17.6 Å². The third kappa shape index (κ3) is 5.92. The second kappa shape index (κ2) is 10.4. The number of hydrogen-bond donors (Lipinski definition) is 2. The topological polar surface area (TPSA) is 106 Å². The van der Waals surface area contributed by atoms with E-state index in [0.29, 0.717) is 44.5 Å². The van der Waals surface area contributed by atoms with Crippen LogP contribution in [0.5, 0.6) is 0 Å². The summed E-state index contributed by atoms with van der Waals surface area (Å²) >= 11 is 0. The van der Waals surface area contributed by atoms with E-state index >= 15 is 0 Å². The number of oxazole rings is 1. The molecular formula is C19H27IN4O4S. The number of guanidine groups is 1. The third-order valence-electron chi connectivity index (χ3n) is 5.00. The molecule has 1 saturated heterocycles. The molecule has 0 unspecified atom stereocenters. The summed E-state index contributed by atoms with van der Waals surface area (Å²) in [4.78, 5) is 8.64. The van der Waals surface area contributed by atoms with Crippen molar-refractivity contribution in [2.24, 2.45) is 4.99 Å². The van der Waals surface area contributed by atoms with Crippen LogP contribution in [0.25, 0.3) is 11.5 Å². The van der Waals surface area contributed by atoms with Gasteiger partial charge in [-0.3, -0.25) is 4.99 Å². The van der Waals surface area contributed by atoms with Gasteiger partial charge in [-0.25, -0.2) is 13.4 Å². The Kier molecular flexibility index (Phi) is 8.46. The Bertz CT molecular complexity index is 909. The Labute approximate surface area is 188 Å². The molecule has 160 valence electrons. The molecule has 2 N–H and O–H groups in total. The van der Waals surface area contributed by atoms with Crippen molar-refractivity contribution in [1.82, 2.24) is 15.6 Å². The van der Waals surface area contributed by atoms with E-state index in [1.165, 1.54) is 6.26 Å². The standard InChI is InChI=1S/C19H26N4O4S.HI/c1-20-18(22-14-19(28(2,24)25)8-10-26-11-9-19)21-12-16-13-27-17(23-16)15-6-4-3-5-7-15;/h3-7,13H,8-12,14H2,1-2H3,(H2,20,21,22);1H. The minimum atomic E-state index is -3.24. The zero-order valence-electron chi connectivity index (χ0n) is 16.6. The van der Waals surface area contributed by atoms with Gasteiger partial charge in [0, 0.05) is 38.6 Å². The highest BCUT2D eigenvalue weighted by Crippen LogP contribution is 2.28. The molecule has 1 aliphatic rings. The van der Waals surface area contributed by atoms with Gasteiger partial charge in [-0.15, -0.1) is 24.0 Å². The van der Waals surface area contributed by atoms with Gasteiger partial charge in [-0.2, -0.15) is 0 Å². The molecule has 10 heteroatoms. The zero-order valence-corrected chi connectivity index (χ0v) is 19.7. The fourth-order valence-electron chi connectivity index (χ4n) is 3.16. The molecular weight excluding hydrogens is 507 g/mol. The van der Waals surface area contributed by atoms with Gasteiger partial charge in [-0.05, 0) is 25.0 Å². The highest BCUT2D eigenvalue weighted by molar-refractivity contribution is 14.0. The zero-order chi connectivity index (χ0) is 20.0. The first-order valence-corrected chi connectivity index (χ1v) is 11.0. The fraction of sp³-hybridized carbons (Fsp3) is 0.474. The molecule has 0 bridgehead atoms. The van der Waals surface area contributed by atoms with E-state index in [9.17, 15) is 8.42 Å². The second-order valence-corrected chi connectivity index (χ2v) is 9.27. The SMILES string of the molecule is CN=C(NCc1coc(-c2ccccc2)n1)NCC1(S(C)(=O)=O)CCOCC1.I. The highest BCUT2D eigenvalue weighted by Gasteiger charge is 2.42. The molecule has 0 spiro atoms. The van der Waals surface area contributed by atoms with Crippen LogP contribution < -0.4 is 10.6 Å². The Morgan fingerprint density at radius 1 is 1.21 bits per heavy atom. The molecule has 8 nitrogen and oxygen atoms in total. The molecule has 1 aromatic carbocycles. The van der Waals surface area contributed by atoms with Gasteiger partial charge in [0.25, 0.3) is 0 Å². The van der Waals surface area contributed by atoms with Crippen LogP contribution in [-0.2, 0) is 21.1 Å². The maximum atomic E-state index is 12.3. The summed E-state index contributed by atoms with van der Waals surface area (Å²) in [5.41, 5.74) is 1.64. The van der Waals surface area contributed by atoms with Gasteiger partial charge >= 0.3 is 0 Å². The lowest BCUT2D eigenvalue weighted by molar-refractivity contribution is 0.0756. The summed E-state index contributed by atoms with van der Waals surface area (Å²) < 4.78 is 34.7. The minimum Gasteiger partial charge on any atom is -0.444 e. The predicted octanol–water partition coefficient (Wildman–Crippen LogP) is 2.22. The van der Waals surface area contributed by atoms with Crippen LogP contribution in [-0.4, -0.2) is 57.2 Å². The molecule has 0 aliphatic carbocycles. The number of benzene rings is 1. The summed E-state index contributed by atoms with van der Waals surface area (Å²) in [6, 6.07) is 9.66. The molecule has 1 fully saturated rings. The molecule has 1 aromatic heterocycles. The maximum Gasteiger partial charge on any atom is 0.226 e. The van der Waals surface area contributed by atoms with Crippen molar-refractivity contribution >= 4 is 39.8 Å². The number of aliphatic imine (C=N–C) groups is 1. The number of hydrogen-bond acceptors (Lipinski definition) is 6. The third-order valence-corrected chi connectivity index (χ3v) is 7.13. The second-order valence-electron chi connectivity index (χ2n) is 6.86. The van der Waals surface area contributed by atoms with E-state index in [-0.39, 0.29) is 30.5 Å². The normalized spacial score (nSPS) is 16.7. The summed E-state index contributed by atoms with van der Waals surface area (Å²) in [5, 5.41) is 6.29. The molecule has 3 rings (SSSR count). The van der Waals surface area contributed by atoms with Crippen molar-refractivity contribution in [3.8, 4) is 11.5 Å². The minimum absolute atomic E-state index is 0. The lowest BCUT2D eigenvalue weighted by Gasteiger charge is -2.35. The monoisotopic (exact) mass is 534 g/mol. The molecule has 1 aliphatic heterocycles. The van der Waals surface area contributed by atoms with Crippen LogP contribution in [0.3, 0.4) is 0 Å². The smallest absolute Gasteiger partial charge is 0.226 e. The Morgan fingerprint density at radius 2 is 1.90 bits per heavy atom. The molecule has 0 saturated carbocycles. The number of ether oxygens (including phenoxy) is 1. The molecule has 2 heterocycles. The van der Waals surface area contributed by atoms with E-state index < -0.39 is 14.6 Å². The maximum absolute atomic E-state index is 12.3. The number of nitrogens with one attached hydrogen (secondary N) is 2. The van der Waals surface area contributed by atoms with E-state index in [1.54, 1.807) is 13.3 Å². The van der Waals surface area contributed by atoms with E-state index in [1.807, 2.05) is 30.3 Å². The van der Waals surface area contributed by atoms with Gasteiger partial charge in [0.15, 0.2) is 15.8 Å². The molecule has 0 atom stereocenters. The number of nitrogens with zero attached hydrogens (tertiary/aromatic N) is 2. The average molecular weight is 534 g/mol. The lowest BCUT2D eigenvalue weighted by Crippen LogP contribution is -2.53. The molecule has 0 radical (unpaired) electrons. The van der Waals surface area contributed by atoms with Gasteiger partial charge in [0.05, 0.1) is 17.0 Å². The first kappa shape index (κ1) is 23.6. The van der Waals surface area contributed by atoms with Crippen LogP contribution in [0.15, 0.2) is 46.0 Å². The van der Waals surface area contributed by atoms with Crippen molar-refractivity contribution in [2.45, 2.75) is 24.1 Å². The van der Waals surface area contributed by atoms with Crippen molar-refractivity contribution in [1.29, 1.82) is 0 Å². The molecule has 0 amide bonds. The van der Waals surface area contributed by atoms with Crippen LogP contribution in [0, 0.1) is 0 Å². The first-order valence-electron chi connectivity index (χ1n) is 9.15. The van der Waals surface area contributed by atoms with E-state index in [0.717, 1.165) is 11.3 Å². The van der Waals surface area contributed by atoms with Crippen molar-refractivity contribution in [2.75, 3.05) is 33.1 Å². The van der Waals surface area contributed by atoms with Gasteiger partial charge in [-0.1, -0.05) is 18.2 Å². The van der Waals surface area contributed by atoms with Crippen molar-refractivity contribution in [3.05, 3.63) is 42.3 Å². The van der Waals surface area contributed by atoms with Crippen molar-refractivity contribution in [3.63, 3.8) is 0 Å². The van der Waals surface area contributed by atoms with Crippen LogP contribution >= 0.6 is 24.0 Å². The first-order chi connectivity index (χ1) is 13.4. The fourth-order valence-corrected chi connectivity index (χ4v) is 4.41. The summed E-state index contributed by atoms with van der Waals surface area (Å²) in [7, 11) is -1.59. The quantitative estimate of drug-likeness (QED) is 0.333. The molecule has 29 heavy (non-hydrogen) atoms. The summed E-state index contributed by atoms with van der Waals surface area (Å²) in [6.07, 6.45) is 3.83. The average Bonchev–Trinajstić information content (AvgIpc) is 3.18. The Hall–Kier alpha value is -1.66. The number of rotatable bonds is 6. The number of aromatic nitrogens is 1.